The Kier molecular flexibility index (Phi) is 4.14. The van der Waals surface area contributed by atoms with Crippen LogP contribution in [0.1, 0.15) is 31.2 Å². The summed E-state index contributed by atoms with van der Waals surface area (Å²) in [7, 11) is 0. The highest BCUT2D eigenvalue weighted by molar-refractivity contribution is 5.15. The highest BCUT2D eigenvalue weighted by Gasteiger charge is 2.24. The number of likely N-dealkylation sites (tertiary alicyclic amines) is 1. The third kappa shape index (κ3) is 4.02. The maximum absolute atomic E-state index is 12.8. The molecule has 1 heterocycles. The maximum atomic E-state index is 12.8. The topological polar surface area (TPSA) is 15.3 Å². The van der Waals surface area contributed by atoms with E-state index in [2.05, 4.69) is 10.2 Å². The Bertz CT molecular complexity index is 392. The van der Waals surface area contributed by atoms with Crippen LogP contribution in [0.15, 0.2) is 24.3 Å². The van der Waals surface area contributed by atoms with Crippen molar-refractivity contribution in [2.75, 3.05) is 19.6 Å². The highest BCUT2D eigenvalue weighted by Crippen LogP contribution is 2.28. The SMILES string of the molecule is Fc1ccc(CN2CCC(NCC3CC3)CC2)cc1. The number of piperidine rings is 1. The predicted octanol–water partition coefficient (Wildman–Crippen LogP) is 2.79. The molecule has 1 aliphatic heterocycles. The number of benzene rings is 1. The monoisotopic (exact) mass is 262 g/mol. The molecule has 1 aromatic carbocycles. The van der Waals surface area contributed by atoms with Crippen LogP contribution >= 0.6 is 0 Å². The first kappa shape index (κ1) is 13.1. The van der Waals surface area contributed by atoms with Gasteiger partial charge in [0.15, 0.2) is 0 Å². The van der Waals surface area contributed by atoms with Gasteiger partial charge in [0.05, 0.1) is 0 Å². The zero-order valence-corrected chi connectivity index (χ0v) is 11.4. The Balaban J connectivity index is 1.40. The number of nitrogens with zero attached hydrogens (tertiary/aromatic N) is 1. The van der Waals surface area contributed by atoms with Crippen molar-refractivity contribution in [2.24, 2.45) is 5.92 Å². The van der Waals surface area contributed by atoms with Crippen molar-refractivity contribution >= 4 is 0 Å². The van der Waals surface area contributed by atoms with Gasteiger partial charge in [-0.2, -0.15) is 0 Å². The molecular weight excluding hydrogens is 239 g/mol. The van der Waals surface area contributed by atoms with Crippen molar-refractivity contribution in [1.29, 1.82) is 0 Å². The molecule has 0 aromatic heterocycles. The first-order valence-electron chi connectivity index (χ1n) is 7.50. The van der Waals surface area contributed by atoms with E-state index < -0.39 is 0 Å². The molecule has 1 aromatic rings. The van der Waals surface area contributed by atoms with Crippen molar-refractivity contribution in [3.8, 4) is 0 Å². The molecule has 0 radical (unpaired) electrons. The lowest BCUT2D eigenvalue weighted by atomic mass is 10.0. The molecule has 3 rings (SSSR count). The molecule has 0 amide bonds. The van der Waals surface area contributed by atoms with Crippen LogP contribution in [0.2, 0.25) is 0 Å². The lowest BCUT2D eigenvalue weighted by Gasteiger charge is -2.32. The van der Waals surface area contributed by atoms with Crippen molar-refractivity contribution in [2.45, 2.75) is 38.3 Å². The molecule has 0 atom stereocenters. The van der Waals surface area contributed by atoms with Gasteiger partial charge in [-0.3, -0.25) is 4.90 Å². The highest BCUT2D eigenvalue weighted by atomic mass is 19.1. The molecule has 1 saturated carbocycles. The van der Waals surface area contributed by atoms with Crippen LogP contribution in [0.3, 0.4) is 0 Å². The molecule has 19 heavy (non-hydrogen) atoms. The third-order valence-corrected chi connectivity index (χ3v) is 4.30. The van der Waals surface area contributed by atoms with Gasteiger partial charge < -0.3 is 5.32 Å². The first-order valence-corrected chi connectivity index (χ1v) is 7.50. The number of hydrogen-bond acceptors (Lipinski definition) is 2. The summed E-state index contributed by atoms with van der Waals surface area (Å²) in [5, 5.41) is 3.70. The van der Waals surface area contributed by atoms with Gasteiger partial charge in [-0.15, -0.1) is 0 Å². The molecule has 1 N–H and O–H groups in total. The molecule has 0 bridgehead atoms. The van der Waals surface area contributed by atoms with Gasteiger partial charge in [0.25, 0.3) is 0 Å². The Morgan fingerprint density at radius 3 is 2.37 bits per heavy atom. The van der Waals surface area contributed by atoms with Crippen LogP contribution in [0.25, 0.3) is 0 Å². The Hall–Kier alpha value is -0.930. The summed E-state index contributed by atoms with van der Waals surface area (Å²) in [6, 6.07) is 7.61. The fraction of sp³-hybridized carbons (Fsp3) is 0.625. The minimum atomic E-state index is -0.147. The quantitative estimate of drug-likeness (QED) is 0.878. The summed E-state index contributed by atoms with van der Waals surface area (Å²) < 4.78 is 12.8. The molecule has 0 unspecified atom stereocenters. The zero-order valence-electron chi connectivity index (χ0n) is 11.4. The van der Waals surface area contributed by atoms with E-state index in [-0.39, 0.29) is 5.82 Å². The summed E-state index contributed by atoms with van der Waals surface area (Å²) in [5.74, 6) is 0.823. The van der Waals surface area contributed by atoms with Gasteiger partial charge in [-0.05, 0) is 68.9 Å². The standard InChI is InChI=1S/C16H23FN2/c17-15-5-3-14(4-6-15)12-19-9-7-16(8-10-19)18-11-13-1-2-13/h3-6,13,16,18H,1-2,7-12H2. The molecule has 3 heteroatoms. The van der Waals surface area contributed by atoms with Gasteiger partial charge in [0, 0.05) is 12.6 Å². The van der Waals surface area contributed by atoms with E-state index in [1.807, 2.05) is 12.1 Å². The molecule has 2 aliphatic rings. The van der Waals surface area contributed by atoms with E-state index in [1.54, 1.807) is 12.1 Å². The number of hydrogen-bond donors (Lipinski definition) is 1. The Labute approximate surface area is 115 Å². The summed E-state index contributed by atoms with van der Waals surface area (Å²) in [5.41, 5.74) is 1.21. The van der Waals surface area contributed by atoms with Crippen LogP contribution in [0.5, 0.6) is 0 Å². The van der Waals surface area contributed by atoms with Crippen LogP contribution < -0.4 is 5.32 Å². The second kappa shape index (κ2) is 6.02. The maximum Gasteiger partial charge on any atom is 0.123 e. The Morgan fingerprint density at radius 2 is 1.74 bits per heavy atom. The molecule has 1 saturated heterocycles. The smallest absolute Gasteiger partial charge is 0.123 e. The van der Waals surface area contributed by atoms with Gasteiger partial charge in [0.1, 0.15) is 5.82 Å². The van der Waals surface area contributed by atoms with Crippen LogP contribution in [-0.2, 0) is 6.54 Å². The number of rotatable bonds is 5. The van der Waals surface area contributed by atoms with E-state index in [9.17, 15) is 4.39 Å². The lowest BCUT2D eigenvalue weighted by molar-refractivity contribution is 0.190. The second-order valence-corrected chi connectivity index (χ2v) is 6.03. The summed E-state index contributed by atoms with van der Waals surface area (Å²) >= 11 is 0. The van der Waals surface area contributed by atoms with Crippen LogP contribution in [0, 0.1) is 11.7 Å². The van der Waals surface area contributed by atoms with Crippen molar-refractivity contribution in [3.05, 3.63) is 35.6 Å². The molecule has 1 aliphatic carbocycles. The van der Waals surface area contributed by atoms with Gasteiger partial charge >= 0.3 is 0 Å². The first-order chi connectivity index (χ1) is 9.29. The lowest BCUT2D eigenvalue weighted by Crippen LogP contribution is -2.42. The summed E-state index contributed by atoms with van der Waals surface area (Å²) in [6.07, 6.45) is 5.34. The van der Waals surface area contributed by atoms with Crippen LogP contribution in [-0.4, -0.2) is 30.6 Å². The number of halogens is 1. The average Bonchev–Trinajstić information content (AvgIpc) is 3.25. The van der Waals surface area contributed by atoms with E-state index in [4.69, 9.17) is 0 Å². The third-order valence-electron chi connectivity index (χ3n) is 4.30. The molecular formula is C16H23FN2. The number of nitrogens with one attached hydrogen (secondary N) is 1. The summed E-state index contributed by atoms with van der Waals surface area (Å²) in [4.78, 5) is 2.47. The van der Waals surface area contributed by atoms with Gasteiger partial charge in [-0.25, -0.2) is 4.39 Å². The largest absolute Gasteiger partial charge is 0.314 e. The minimum Gasteiger partial charge on any atom is -0.314 e. The fourth-order valence-corrected chi connectivity index (χ4v) is 2.80. The summed E-state index contributed by atoms with van der Waals surface area (Å²) in [6.45, 7) is 4.48. The molecule has 2 nitrogen and oxygen atoms in total. The fourth-order valence-electron chi connectivity index (χ4n) is 2.80. The van der Waals surface area contributed by atoms with Crippen molar-refractivity contribution < 1.29 is 4.39 Å². The zero-order chi connectivity index (χ0) is 13.1. The molecule has 104 valence electrons. The van der Waals surface area contributed by atoms with E-state index >= 15 is 0 Å². The van der Waals surface area contributed by atoms with E-state index in [1.165, 1.54) is 37.8 Å². The van der Waals surface area contributed by atoms with Gasteiger partial charge in [0.2, 0.25) is 0 Å². The second-order valence-electron chi connectivity index (χ2n) is 6.03. The van der Waals surface area contributed by atoms with Crippen molar-refractivity contribution in [3.63, 3.8) is 0 Å². The Morgan fingerprint density at radius 1 is 1.05 bits per heavy atom. The van der Waals surface area contributed by atoms with Crippen molar-refractivity contribution in [1.82, 2.24) is 10.2 Å². The average molecular weight is 262 g/mol. The van der Waals surface area contributed by atoms with Crippen LogP contribution in [0.4, 0.5) is 4.39 Å². The molecule has 0 spiro atoms. The van der Waals surface area contributed by atoms with E-state index in [0.717, 1.165) is 25.6 Å². The normalized spacial score (nSPS) is 21.7. The van der Waals surface area contributed by atoms with E-state index in [0.29, 0.717) is 6.04 Å². The minimum absolute atomic E-state index is 0.147. The predicted molar refractivity (Wildman–Crippen MR) is 75.4 cm³/mol. The van der Waals surface area contributed by atoms with Gasteiger partial charge in [-0.1, -0.05) is 12.1 Å². The molecule has 2 fully saturated rings.